The van der Waals surface area contributed by atoms with Crippen molar-refractivity contribution < 1.29 is 0 Å². The first-order chi connectivity index (χ1) is 6.92. The van der Waals surface area contributed by atoms with Crippen LogP contribution in [0.3, 0.4) is 0 Å². The zero-order chi connectivity index (χ0) is 11.5. The maximum absolute atomic E-state index is 3.48. The first-order valence-electron chi connectivity index (χ1n) is 5.03. The van der Waals surface area contributed by atoms with Gasteiger partial charge in [0.05, 0.1) is 3.79 Å². The van der Waals surface area contributed by atoms with Crippen molar-refractivity contribution in [2.45, 2.75) is 25.9 Å². The molecular formula is C11H19BrN2S. The summed E-state index contributed by atoms with van der Waals surface area (Å²) in [6.45, 7) is 6.42. The SMILES string of the molecule is CN(C)C(C)(C)CNCc1csc(Br)c1. The van der Waals surface area contributed by atoms with Gasteiger partial charge in [0.2, 0.25) is 0 Å². The quantitative estimate of drug-likeness (QED) is 0.897. The summed E-state index contributed by atoms with van der Waals surface area (Å²) in [4.78, 5) is 2.24. The molecule has 0 spiro atoms. The summed E-state index contributed by atoms with van der Waals surface area (Å²) >= 11 is 5.20. The van der Waals surface area contributed by atoms with Crippen LogP contribution in [0.4, 0.5) is 0 Å². The van der Waals surface area contributed by atoms with Crippen LogP contribution in [0.25, 0.3) is 0 Å². The molecule has 0 radical (unpaired) electrons. The molecule has 1 aromatic heterocycles. The molecule has 2 nitrogen and oxygen atoms in total. The molecule has 0 saturated heterocycles. The van der Waals surface area contributed by atoms with E-state index in [0.29, 0.717) is 0 Å². The summed E-state index contributed by atoms with van der Waals surface area (Å²) in [5.41, 5.74) is 1.55. The Bertz CT molecular complexity index is 307. The van der Waals surface area contributed by atoms with E-state index >= 15 is 0 Å². The molecule has 1 aromatic rings. The minimum atomic E-state index is 0.202. The Labute approximate surface area is 105 Å². The van der Waals surface area contributed by atoms with E-state index in [2.05, 4.69) is 65.5 Å². The molecule has 1 N–H and O–H groups in total. The smallest absolute Gasteiger partial charge is 0.0701 e. The van der Waals surface area contributed by atoms with E-state index in [-0.39, 0.29) is 5.54 Å². The largest absolute Gasteiger partial charge is 0.311 e. The second kappa shape index (κ2) is 5.43. The number of nitrogens with one attached hydrogen (secondary N) is 1. The Morgan fingerprint density at radius 3 is 2.60 bits per heavy atom. The van der Waals surface area contributed by atoms with E-state index in [1.54, 1.807) is 11.3 Å². The lowest BCUT2D eigenvalue weighted by Crippen LogP contribution is -2.46. The number of hydrogen-bond acceptors (Lipinski definition) is 3. The summed E-state index contributed by atoms with van der Waals surface area (Å²) in [5.74, 6) is 0. The first kappa shape index (κ1) is 13.2. The summed E-state index contributed by atoms with van der Waals surface area (Å²) in [5, 5.41) is 5.66. The maximum Gasteiger partial charge on any atom is 0.0701 e. The van der Waals surface area contributed by atoms with Gasteiger partial charge in [-0.2, -0.15) is 0 Å². The van der Waals surface area contributed by atoms with Crippen LogP contribution in [0.1, 0.15) is 19.4 Å². The average Bonchev–Trinajstić information content (AvgIpc) is 2.51. The molecule has 0 aliphatic rings. The van der Waals surface area contributed by atoms with E-state index in [1.165, 1.54) is 9.35 Å². The van der Waals surface area contributed by atoms with E-state index in [4.69, 9.17) is 0 Å². The highest BCUT2D eigenvalue weighted by Gasteiger charge is 2.19. The minimum Gasteiger partial charge on any atom is -0.311 e. The predicted octanol–water partition coefficient (Wildman–Crippen LogP) is 2.94. The van der Waals surface area contributed by atoms with Crippen LogP contribution in [0.5, 0.6) is 0 Å². The van der Waals surface area contributed by atoms with Gasteiger partial charge in [0.15, 0.2) is 0 Å². The molecule has 15 heavy (non-hydrogen) atoms. The van der Waals surface area contributed by atoms with Gasteiger partial charge in [-0.3, -0.25) is 0 Å². The van der Waals surface area contributed by atoms with Crippen molar-refractivity contribution in [1.29, 1.82) is 0 Å². The molecule has 0 aliphatic carbocycles. The number of hydrogen-bond donors (Lipinski definition) is 1. The molecule has 1 heterocycles. The van der Waals surface area contributed by atoms with Gasteiger partial charge in [0.25, 0.3) is 0 Å². The van der Waals surface area contributed by atoms with Gasteiger partial charge >= 0.3 is 0 Å². The van der Waals surface area contributed by atoms with Crippen molar-refractivity contribution in [1.82, 2.24) is 10.2 Å². The molecule has 0 atom stereocenters. The number of halogens is 1. The summed E-state index contributed by atoms with van der Waals surface area (Å²) in [6, 6.07) is 2.17. The van der Waals surface area contributed by atoms with Gasteiger partial charge in [0.1, 0.15) is 0 Å². The molecule has 86 valence electrons. The van der Waals surface area contributed by atoms with Gasteiger partial charge in [-0.25, -0.2) is 0 Å². The average molecular weight is 291 g/mol. The highest BCUT2D eigenvalue weighted by Crippen LogP contribution is 2.20. The third-order valence-corrected chi connectivity index (χ3v) is 4.27. The highest BCUT2D eigenvalue weighted by molar-refractivity contribution is 9.11. The van der Waals surface area contributed by atoms with Gasteiger partial charge in [-0.05, 0) is 60.9 Å². The van der Waals surface area contributed by atoms with Crippen molar-refractivity contribution in [3.8, 4) is 0 Å². The molecule has 0 aliphatic heterocycles. The standard InChI is InChI=1S/C11H19BrN2S/c1-11(2,14(3)4)8-13-6-9-5-10(12)15-7-9/h5,7,13H,6,8H2,1-4H3. The zero-order valence-electron chi connectivity index (χ0n) is 9.80. The van der Waals surface area contributed by atoms with Gasteiger partial charge in [-0.1, -0.05) is 0 Å². The van der Waals surface area contributed by atoms with E-state index < -0.39 is 0 Å². The van der Waals surface area contributed by atoms with Crippen LogP contribution in [-0.4, -0.2) is 31.1 Å². The number of nitrogens with zero attached hydrogens (tertiary/aromatic N) is 1. The molecule has 1 rings (SSSR count). The molecule has 0 fully saturated rings. The van der Waals surface area contributed by atoms with Crippen molar-refractivity contribution in [2.24, 2.45) is 0 Å². The van der Waals surface area contributed by atoms with Crippen LogP contribution in [0, 0.1) is 0 Å². The van der Waals surface area contributed by atoms with Crippen LogP contribution in [0.2, 0.25) is 0 Å². The van der Waals surface area contributed by atoms with Crippen molar-refractivity contribution in [3.05, 3.63) is 20.8 Å². The Morgan fingerprint density at radius 1 is 1.47 bits per heavy atom. The summed E-state index contributed by atoms with van der Waals surface area (Å²) < 4.78 is 1.20. The van der Waals surface area contributed by atoms with Crippen LogP contribution in [0.15, 0.2) is 15.2 Å². The van der Waals surface area contributed by atoms with Crippen molar-refractivity contribution >= 4 is 27.3 Å². The van der Waals surface area contributed by atoms with Gasteiger partial charge < -0.3 is 10.2 Å². The Balaban J connectivity index is 2.33. The molecule has 0 aromatic carbocycles. The second-order valence-electron chi connectivity index (χ2n) is 4.57. The lowest BCUT2D eigenvalue weighted by atomic mass is 10.0. The first-order valence-corrected chi connectivity index (χ1v) is 6.70. The number of thiophene rings is 1. The van der Waals surface area contributed by atoms with Crippen LogP contribution >= 0.6 is 27.3 Å². The molecule has 0 amide bonds. The fraction of sp³-hybridized carbons (Fsp3) is 0.636. The Morgan fingerprint density at radius 2 is 2.13 bits per heavy atom. The molecule has 0 saturated carbocycles. The Hall–Kier alpha value is 0.100. The highest BCUT2D eigenvalue weighted by atomic mass is 79.9. The lowest BCUT2D eigenvalue weighted by molar-refractivity contribution is 0.190. The number of likely N-dealkylation sites (N-methyl/N-ethyl adjacent to an activating group) is 1. The van der Waals surface area contributed by atoms with Gasteiger partial charge in [0, 0.05) is 18.6 Å². The van der Waals surface area contributed by atoms with E-state index in [0.717, 1.165) is 13.1 Å². The summed E-state index contributed by atoms with van der Waals surface area (Å²) in [7, 11) is 4.23. The third kappa shape index (κ3) is 4.23. The molecule has 0 bridgehead atoms. The molecule has 4 heteroatoms. The monoisotopic (exact) mass is 290 g/mol. The maximum atomic E-state index is 3.48. The Kier molecular flexibility index (Phi) is 4.77. The van der Waals surface area contributed by atoms with E-state index in [1.807, 2.05) is 0 Å². The molecule has 0 unspecified atom stereocenters. The van der Waals surface area contributed by atoms with E-state index in [9.17, 15) is 0 Å². The summed E-state index contributed by atoms with van der Waals surface area (Å²) in [6.07, 6.45) is 0. The van der Waals surface area contributed by atoms with Crippen molar-refractivity contribution in [2.75, 3.05) is 20.6 Å². The normalized spacial score (nSPS) is 12.4. The molecular weight excluding hydrogens is 272 g/mol. The number of rotatable bonds is 5. The lowest BCUT2D eigenvalue weighted by Gasteiger charge is -2.32. The predicted molar refractivity (Wildman–Crippen MR) is 71.5 cm³/mol. The minimum absolute atomic E-state index is 0.202. The van der Waals surface area contributed by atoms with Crippen LogP contribution < -0.4 is 5.32 Å². The van der Waals surface area contributed by atoms with Crippen LogP contribution in [-0.2, 0) is 6.54 Å². The topological polar surface area (TPSA) is 15.3 Å². The third-order valence-electron chi connectivity index (χ3n) is 2.72. The fourth-order valence-electron chi connectivity index (χ4n) is 1.11. The zero-order valence-corrected chi connectivity index (χ0v) is 12.2. The fourth-order valence-corrected chi connectivity index (χ4v) is 2.32. The van der Waals surface area contributed by atoms with Gasteiger partial charge in [-0.15, -0.1) is 11.3 Å². The van der Waals surface area contributed by atoms with Crippen molar-refractivity contribution in [3.63, 3.8) is 0 Å². The second-order valence-corrected chi connectivity index (χ2v) is 6.86.